The minimum Gasteiger partial charge on any atom is -0.453 e. The zero-order valence-electron chi connectivity index (χ0n) is 23.5. The van der Waals surface area contributed by atoms with Crippen molar-refractivity contribution in [1.29, 1.82) is 0 Å². The number of H-pyrrole nitrogens is 1. The molecule has 10 heteroatoms. The van der Waals surface area contributed by atoms with Gasteiger partial charge in [0.05, 0.1) is 16.7 Å². The summed E-state index contributed by atoms with van der Waals surface area (Å²) < 4.78 is 5.66. The fourth-order valence-corrected chi connectivity index (χ4v) is 5.01. The summed E-state index contributed by atoms with van der Waals surface area (Å²) in [5.41, 5.74) is 6.19. The van der Waals surface area contributed by atoms with Crippen molar-refractivity contribution in [3.8, 4) is 0 Å². The number of aromatic amines is 1. The van der Waals surface area contributed by atoms with Gasteiger partial charge in [-0.15, -0.1) is 0 Å². The van der Waals surface area contributed by atoms with Gasteiger partial charge in [0.1, 0.15) is 0 Å². The molecule has 0 aliphatic carbocycles. The molecule has 205 valence electrons. The molecule has 1 aromatic heterocycles. The van der Waals surface area contributed by atoms with E-state index in [0.717, 1.165) is 22.3 Å². The van der Waals surface area contributed by atoms with Crippen molar-refractivity contribution in [3.05, 3.63) is 119 Å². The number of aromatic nitrogens is 2. The number of esters is 1. The van der Waals surface area contributed by atoms with Crippen LogP contribution in [-0.4, -0.2) is 64.4 Å². The van der Waals surface area contributed by atoms with Crippen molar-refractivity contribution < 1.29 is 19.1 Å². The average Bonchev–Trinajstić information content (AvgIpc) is 3.37. The molecule has 9 nitrogen and oxygen atoms in total. The minimum atomic E-state index is -0.767. The molecule has 0 spiro atoms. The number of fused-ring (bicyclic) bond motifs is 3. The summed E-state index contributed by atoms with van der Waals surface area (Å²) >= 11 is 0. The van der Waals surface area contributed by atoms with Crippen molar-refractivity contribution in [2.24, 2.45) is 0 Å². The van der Waals surface area contributed by atoms with E-state index in [0.29, 0.717) is 40.4 Å². The van der Waals surface area contributed by atoms with Crippen LogP contribution in [0.25, 0.3) is 11.0 Å². The first-order valence-electron chi connectivity index (χ1n) is 13.1. The Morgan fingerprint density at radius 3 is 2.45 bits per heavy atom. The van der Waals surface area contributed by atoms with Crippen LogP contribution in [0.4, 0.5) is 17.3 Å². The molecule has 1 aliphatic rings. The average molecular weight is 569 g/mol. The Labute approximate surface area is 264 Å². The van der Waals surface area contributed by atoms with Gasteiger partial charge in [0.25, 0.3) is 11.8 Å². The number of carbonyl (C=O) groups is 3. The zero-order chi connectivity index (χ0) is 28.5. The van der Waals surface area contributed by atoms with Gasteiger partial charge >= 0.3 is 5.97 Å². The summed E-state index contributed by atoms with van der Waals surface area (Å²) in [7, 11) is 1.65. The van der Waals surface area contributed by atoms with E-state index in [1.807, 2.05) is 48.5 Å². The number of ether oxygens (including phenoxy) is 1. The number of anilines is 3. The molecule has 0 fully saturated rings. The van der Waals surface area contributed by atoms with Gasteiger partial charge < -0.3 is 25.3 Å². The van der Waals surface area contributed by atoms with E-state index in [2.05, 4.69) is 20.6 Å². The fourth-order valence-electron chi connectivity index (χ4n) is 5.01. The Kier molecular flexibility index (Phi) is 8.44. The Balaban J connectivity index is 0.00000353. The molecule has 42 heavy (non-hydrogen) atoms. The summed E-state index contributed by atoms with van der Waals surface area (Å²) in [6.45, 7) is 1.65. The molecule has 1 atom stereocenters. The molecule has 0 bridgehead atoms. The van der Waals surface area contributed by atoms with Gasteiger partial charge in [0.2, 0.25) is 5.95 Å². The van der Waals surface area contributed by atoms with Crippen LogP contribution in [0, 0.1) is 0 Å². The summed E-state index contributed by atoms with van der Waals surface area (Å²) in [4.78, 5) is 47.6. The van der Waals surface area contributed by atoms with Crippen molar-refractivity contribution in [2.45, 2.75) is 19.6 Å². The summed E-state index contributed by atoms with van der Waals surface area (Å²) in [5, 5.41) is 6.20. The van der Waals surface area contributed by atoms with E-state index in [9.17, 15) is 14.4 Å². The topological polar surface area (TPSA) is 116 Å². The van der Waals surface area contributed by atoms with Crippen LogP contribution in [0.3, 0.4) is 0 Å². The minimum absolute atomic E-state index is 0. The van der Waals surface area contributed by atoms with E-state index in [1.165, 1.54) is 11.8 Å². The third-order valence-electron chi connectivity index (χ3n) is 7.06. The van der Waals surface area contributed by atoms with Crippen LogP contribution in [0.1, 0.15) is 50.4 Å². The van der Waals surface area contributed by atoms with E-state index < -0.39 is 12.1 Å². The molecular formula is C32H27N5NaO4. The molecular weight excluding hydrogens is 541 g/mol. The smallest absolute Gasteiger partial charge is 0.303 e. The van der Waals surface area contributed by atoms with Crippen molar-refractivity contribution >= 4 is 75.7 Å². The Morgan fingerprint density at radius 2 is 1.69 bits per heavy atom. The number of benzene rings is 4. The number of para-hydroxylation sites is 2. The van der Waals surface area contributed by atoms with E-state index in [1.54, 1.807) is 49.5 Å². The number of imidazole rings is 1. The first-order valence-corrected chi connectivity index (χ1v) is 13.1. The van der Waals surface area contributed by atoms with Gasteiger partial charge in [-0.2, -0.15) is 0 Å². The monoisotopic (exact) mass is 568 g/mol. The standard InChI is InChI=1S/C32H27N5O4.Na/c1-19(38)41-29-23-7-3-4-8-24(23)31(40)37(2)28-17-21(13-16-25(28)29)30(39)33-18-20-11-14-22(15-12-20)34-32-35-26-9-5-6-10-27(26)36-32;/h3-17,29H,18H2,1-2H3,(H,33,39)(H2,34,35,36);. The Hall–Kier alpha value is -4.44. The number of amides is 2. The molecule has 1 unspecified atom stereocenters. The second-order valence-electron chi connectivity index (χ2n) is 9.82. The van der Waals surface area contributed by atoms with Gasteiger partial charge in [0, 0.05) is 78.0 Å². The summed E-state index contributed by atoms with van der Waals surface area (Å²) in [6.07, 6.45) is -0.767. The molecule has 2 amide bonds. The maximum atomic E-state index is 13.3. The summed E-state index contributed by atoms with van der Waals surface area (Å²) in [6, 6.07) is 27.6. The predicted octanol–water partition coefficient (Wildman–Crippen LogP) is 5.10. The van der Waals surface area contributed by atoms with E-state index in [4.69, 9.17) is 4.74 Å². The molecule has 0 saturated heterocycles. The van der Waals surface area contributed by atoms with Gasteiger partial charge in [-0.25, -0.2) is 4.98 Å². The van der Waals surface area contributed by atoms with Gasteiger partial charge in [-0.05, 0) is 48.0 Å². The number of rotatable bonds is 6. The Morgan fingerprint density at radius 1 is 0.952 bits per heavy atom. The van der Waals surface area contributed by atoms with Crippen LogP contribution in [0.2, 0.25) is 0 Å². The van der Waals surface area contributed by atoms with Crippen LogP contribution >= 0.6 is 0 Å². The van der Waals surface area contributed by atoms with E-state index in [-0.39, 0.29) is 41.4 Å². The van der Waals surface area contributed by atoms with Crippen molar-refractivity contribution in [1.82, 2.24) is 15.3 Å². The summed E-state index contributed by atoms with van der Waals surface area (Å²) in [5.74, 6) is -0.347. The number of nitrogens with one attached hydrogen (secondary N) is 3. The number of hydrogen-bond donors (Lipinski definition) is 3. The third kappa shape index (κ3) is 5.80. The Bertz CT molecular complexity index is 1770. The first kappa shape index (κ1) is 29.1. The number of hydrogen-bond acceptors (Lipinski definition) is 6. The fraction of sp³-hybridized carbons (Fsp3) is 0.125. The number of carbonyl (C=O) groups excluding carboxylic acids is 3. The number of nitrogens with zero attached hydrogens (tertiary/aromatic N) is 2. The van der Waals surface area contributed by atoms with E-state index >= 15 is 0 Å². The van der Waals surface area contributed by atoms with Gasteiger partial charge in [-0.3, -0.25) is 14.4 Å². The molecule has 0 saturated carbocycles. The SMILES string of the molecule is CC(=O)OC1c2ccccc2C(=O)N(C)c2cc(C(=O)NCc3ccc(Nc4nc5ccccc5[nH]4)cc3)ccc21.[Na]. The second kappa shape index (κ2) is 12.2. The van der Waals surface area contributed by atoms with Crippen LogP contribution in [0.5, 0.6) is 0 Å². The van der Waals surface area contributed by atoms with Crippen LogP contribution < -0.4 is 15.5 Å². The predicted molar refractivity (Wildman–Crippen MR) is 162 cm³/mol. The van der Waals surface area contributed by atoms with Gasteiger partial charge in [0.15, 0.2) is 6.10 Å². The first-order chi connectivity index (χ1) is 19.9. The quantitative estimate of drug-likeness (QED) is 0.194. The van der Waals surface area contributed by atoms with Crippen LogP contribution in [0.15, 0.2) is 91.0 Å². The van der Waals surface area contributed by atoms with Crippen molar-refractivity contribution in [3.63, 3.8) is 0 Å². The third-order valence-corrected chi connectivity index (χ3v) is 7.06. The van der Waals surface area contributed by atoms with Crippen LogP contribution in [-0.2, 0) is 16.1 Å². The normalized spacial score (nSPS) is 13.8. The second-order valence-corrected chi connectivity index (χ2v) is 9.82. The molecule has 1 aliphatic heterocycles. The van der Waals surface area contributed by atoms with Crippen molar-refractivity contribution in [2.75, 3.05) is 17.3 Å². The molecule has 4 aromatic carbocycles. The molecule has 6 rings (SSSR count). The molecule has 1 radical (unpaired) electrons. The molecule has 3 N–H and O–H groups in total. The largest absolute Gasteiger partial charge is 0.453 e. The molecule has 2 heterocycles. The van der Waals surface area contributed by atoms with Gasteiger partial charge in [-0.1, -0.05) is 48.5 Å². The zero-order valence-corrected chi connectivity index (χ0v) is 25.5. The maximum Gasteiger partial charge on any atom is 0.303 e. The molecule has 5 aromatic rings. The maximum absolute atomic E-state index is 13.3.